The molecule has 41 heavy (non-hydrogen) atoms. The minimum Gasteiger partial charge on any atom is -0.476 e. The molecule has 220 valence electrons. The van der Waals surface area contributed by atoms with E-state index in [1.165, 1.54) is 22.9 Å². The van der Waals surface area contributed by atoms with E-state index in [1.54, 1.807) is 32.0 Å². The molecule has 0 unspecified atom stereocenters. The summed E-state index contributed by atoms with van der Waals surface area (Å²) in [4.78, 5) is 24.1. The van der Waals surface area contributed by atoms with Gasteiger partial charge in [0.2, 0.25) is 28.6 Å². The number of nitrogens with one attached hydrogen (secondary N) is 2. The highest BCUT2D eigenvalue weighted by Crippen LogP contribution is 2.37. The van der Waals surface area contributed by atoms with Gasteiger partial charge >= 0.3 is 5.97 Å². The lowest BCUT2D eigenvalue weighted by Crippen LogP contribution is -2.26. The number of hydrogen-bond acceptors (Lipinski definition) is 8. The molecule has 2 heterocycles. The molecule has 4 rings (SSSR count). The number of carboxylic acids is 1. The van der Waals surface area contributed by atoms with Crippen LogP contribution in [-0.4, -0.2) is 42.0 Å². The smallest absolute Gasteiger partial charge is 0.356 e. The quantitative estimate of drug-likeness (QED) is 0.308. The van der Waals surface area contributed by atoms with Crippen molar-refractivity contribution in [3.05, 3.63) is 53.2 Å². The van der Waals surface area contributed by atoms with Gasteiger partial charge in [-0.05, 0) is 70.0 Å². The SMILES string of the molecule is CC[C@@H](C)C(=O)Nc1ccc(Oc2c(C)c(C(=O)O)nn2C(C)(C)C)c(S(=O)(=O)NCc2ccc3c(c2)OCO3)c1. The highest BCUT2D eigenvalue weighted by Gasteiger charge is 2.30. The molecule has 0 fully saturated rings. The Hall–Kier alpha value is -4.10. The number of anilines is 1. The van der Waals surface area contributed by atoms with Crippen molar-refractivity contribution < 1.29 is 37.3 Å². The number of ether oxygens (including phenoxy) is 3. The van der Waals surface area contributed by atoms with E-state index in [9.17, 15) is 23.1 Å². The maximum absolute atomic E-state index is 13.7. The van der Waals surface area contributed by atoms with Gasteiger partial charge in [0.15, 0.2) is 17.2 Å². The van der Waals surface area contributed by atoms with Crippen LogP contribution in [0.5, 0.6) is 23.1 Å². The van der Waals surface area contributed by atoms with E-state index in [1.807, 2.05) is 27.7 Å². The summed E-state index contributed by atoms with van der Waals surface area (Å²) in [7, 11) is -4.22. The number of rotatable bonds is 10. The molecule has 1 atom stereocenters. The van der Waals surface area contributed by atoms with Gasteiger partial charge in [-0.1, -0.05) is 19.9 Å². The minimum absolute atomic E-state index is 0.0655. The van der Waals surface area contributed by atoms with E-state index in [0.29, 0.717) is 23.5 Å². The van der Waals surface area contributed by atoms with Gasteiger partial charge < -0.3 is 24.6 Å². The predicted octanol–water partition coefficient (Wildman–Crippen LogP) is 4.63. The van der Waals surface area contributed by atoms with Crippen LogP contribution >= 0.6 is 0 Å². The largest absolute Gasteiger partial charge is 0.476 e. The van der Waals surface area contributed by atoms with E-state index in [4.69, 9.17) is 14.2 Å². The standard InChI is InChI=1S/C28H34N4O8S/c1-7-16(2)25(33)30-19-9-11-21(40-26-17(3)24(27(34)35)31-32(26)28(4,5)6)23(13-19)41(36,37)29-14-18-8-10-20-22(12-18)39-15-38-20/h8-13,16,29H,7,14-15H2,1-6H3,(H,30,33)(H,34,35)/t16-/m1/s1. The Labute approximate surface area is 238 Å². The number of benzene rings is 2. The summed E-state index contributed by atoms with van der Waals surface area (Å²) in [6.07, 6.45) is 0.608. The molecule has 1 amide bonds. The Morgan fingerprint density at radius 1 is 1.15 bits per heavy atom. The van der Waals surface area contributed by atoms with Crippen LogP contribution < -0.4 is 24.2 Å². The number of amides is 1. The summed E-state index contributed by atoms with van der Waals surface area (Å²) in [5.74, 6) is -0.687. The van der Waals surface area contributed by atoms with E-state index in [-0.39, 0.29) is 58.6 Å². The van der Waals surface area contributed by atoms with Gasteiger partial charge in [0.1, 0.15) is 10.6 Å². The highest BCUT2D eigenvalue weighted by atomic mass is 32.2. The number of hydrogen-bond donors (Lipinski definition) is 3. The molecule has 12 nitrogen and oxygen atoms in total. The van der Waals surface area contributed by atoms with Gasteiger partial charge in [-0.2, -0.15) is 5.10 Å². The third-order valence-electron chi connectivity index (χ3n) is 6.58. The maximum Gasteiger partial charge on any atom is 0.356 e. The molecule has 0 saturated heterocycles. The van der Waals surface area contributed by atoms with Gasteiger partial charge in [-0.25, -0.2) is 22.6 Å². The van der Waals surface area contributed by atoms with Crippen molar-refractivity contribution >= 4 is 27.6 Å². The zero-order valence-electron chi connectivity index (χ0n) is 23.8. The zero-order chi connectivity index (χ0) is 30.1. The van der Waals surface area contributed by atoms with E-state index in [2.05, 4.69) is 15.1 Å². The lowest BCUT2D eigenvalue weighted by molar-refractivity contribution is -0.119. The van der Waals surface area contributed by atoms with Crippen molar-refractivity contribution in [2.24, 2.45) is 5.92 Å². The van der Waals surface area contributed by atoms with Crippen LogP contribution in [0, 0.1) is 12.8 Å². The van der Waals surface area contributed by atoms with Gasteiger partial charge in [-0.3, -0.25) is 4.79 Å². The molecule has 3 aromatic rings. The first kappa shape index (κ1) is 29.9. The molecule has 1 aliphatic heterocycles. The molecule has 0 bridgehead atoms. The molecule has 3 N–H and O–H groups in total. The number of carbonyl (C=O) groups excluding carboxylic acids is 1. The summed E-state index contributed by atoms with van der Waals surface area (Å²) in [6, 6.07) is 9.35. The van der Waals surface area contributed by atoms with Crippen LogP contribution in [-0.2, 0) is 26.9 Å². The van der Waals surface area contributed by atoms with Crippen molar-refractivity contribution in [3.8, 4) is 23.1 Å². The van der Waals surface area contributed by atoms with Crippen molar-refractivity contribution in [2.45, 2.75) is 64.9 Å². The number of sulfonamides is 1. The van der Waals surface area contributed by atoms with Crippen LogP contribution in [0.3, 0.4) is 0 Å². The molecule has 0 aliphatic carbocycles. The van der Waals surface area contributed by atoms with Crippen LogP contribution in [0.1, 0.15) is 62.7 Å². The zero-order valence-corrected chi connectivity index (χ0v) is 24.6. The predicted molar refractivity (Wildman–Crippen MR) is 150 cm³/mol. The van der Waals surface area contributed by atoms with Gasteiger partial charge in [0.25, 0.3) is 0 Å². The number of carbonyl (C=O) groups is 2. The average Bonchev–Trinajstić information content (AvgIpc) is 3.51. The second-order valence-corrected chi connectivity index (χ2v) is 12.5. The van der Waals surface area contributed by atoms with Crippen molar-refractivity contribution in [3.63, 3.8) is 0 Å². The molecule has 0 saturated carbocycles. The number of fused-ring (bicyclic) bond motifs is 1. The Balaban J connectivity index is 1.74. The molecule has 2 aromatic carbocycles. The normalized spacial score (nSPS) is 13.6. The van der Waals surface area contributed by atoms with Crippen molar-refractivity contribution in [1.29, 1.82) is 0 Å². The van der Waals surface area contributed by atoms with Crippen LogP contribution in [0.2, 0.25) is 0 Å². The van der Waals surface area contributed by atoms with Crippen molar-refractivity contribution in [1.82, 2.24) is 14.5 Å². The van der Waals surface area contributed by atoms with E-state index < -0.39 is 21.5 Å². The van der Waals surface area contributed by atoms with Gasteiger partial charge in [0.05, 0.1) is 5.54 Å². The Morgan fingerprint density at radius 2 is 1.85 bits per heavy atom. The number of aromatic nitrogens is 2. The van der Waals surface area contributed by atoms with Crippen molar-refractivity contribution in [2.75, 3.05) is 12.1 Å². The van der Waals surface area contributed by atoms with Crippen LogP contribution in [0.25, 0.3) is 0 Å². The third kappa shape index (κ3) is 6.46. The summed E-state index contributed by atoms with van der Waals surface area (Å²) < 4.78 is 48.2. The lowest BCUT2D eigenvalue weighted by Gasteiger charge is -2.23. The fraction of sp³-hybridized carbons (Fsp3) is 0.393. The maximum atomic E-state index is 13.7. The highest BCUT2D eigenvalue weighted by molar-refractivity contribution is 7.89. The summed E-state index contributed by atoms with van der Waals surface area (Å²) in [5, 5.41) is 16.6. The first-order valence-electron chi connectivity index (χ1n) is 13.1. The Morgan fingerprint density at radius 3 is 2.51 bits per heavy atom. The molecular formula is C28H34N4O8S. The molecule has 0 spiro atoms. The van der Waals surface area contributed by atoms with Gasteiger partial charge in [-0.15, -0.1) is 0 Å². The fourth-order valence-corrected chi connectivity index (χ4v) is 5.17. The monoisotopic (exact) mass is 586 g/mol. The van der Waals surface area contributed by atoms with Crippen LogP contribution in [0.15, 0.2) is 41.3 Å². The topological polar surface area (TPSA) is 158 Å². The number of carboxylic acid groups (broad SMARTS) is 1. The first-order chi connectivity index (χ1) is 19.2. The summed E-state index contributed by atoms with van der Waals surface area (Å²) >= 11 is 0. The van der Waals surface area contributed by atoms with Gasteiger partial charge in [0, 0.05) is 23.7 Å². The molecule has 0 radical (unpaired) electrons. The van der Waals surface area contributed by atoms with E-state index in [0.717, 1.165) is 0 Å². The second kappa shape index (κ2) is 11.4. The minimum atomic E-state index is -4.22. The Kier molecular flexibility index (Phi) is 8.31. The summed E-state index contributed by atoms with van der Waals surface area (Å²) in [5.41, 5.74) is 0.234. The molecule has 13 heteroatoms. The molecular weight excluding hydrogens is 552 g/mol. The number of aromatic carboxylic acids is 1. The average molecular weight is 587 g/mol. The number of nitrogens with zero attached hydrogens (tertiary/aromatic N) is 2. The van der Waals surface area contributed by atoms with E-state index >= 15 is 0 Å². The third-order valence-corrected chi connectivity index (χ3v) is 8.00. The molecule has 1 aliphatic rings. The first-order valence-corrected chi connectivity index (χ1v) is 14.5. The second-order valence-electron chi connectivity index (χ2n) is 10.7. The molecule has 1 aromatic heterocycles. The Bertz CT molecular complexity index is 1590. The lowest BCUT2D eigenvalue weighted by atomic mass is 10.1. The fourth-order valence-electron chi connectivity index (χ4n) is 4.00. The summed E-state index contributed by atoms with van der Waals surface area (Å²) in [6.45, 7) is 10.7. The van der Waals surface area contributed by atoms with Crippen LogP contribution in [0.4, 0.5) is 5.69 Å².